The Bertz CT molecular complexity index is 1720. The second-order valence-electron chi connectivity index (χ2n) is 10.8. The monoisotopic (exact) mass is 471 g/mol. The van der Waals surface area contributed by atoms with E-state index in [1.54, 1.807) is 12.4 Å². The van der Waals surface area contributed by atoms with Crippen molar-refractivity contribution < 1.29 is 0 Å². The molecule has 5 aromatic rings. The van der Waals surface area contributed by atoms with Gasteiger partial charge in [0.2, 0.25) is 0 Å². The molecule has 0 fully saturated rings. The fourth-order valence-corrected chi connectivity index (χ4v) is 5.74. The lowest BCUT2D eigenvalue weighted by Crippen LogP contribution is -2.06. The molecule has 0 saturated heterocycles. The third kappa shape index (κ3) is 3.15. The summed E-state index contributed by atoms with van der Waals surface area (Å²) in [5, 5.41) is 2.39. The molecule has 2 aromatic heterocycles. The number of hydrogen-bond acceptors (Lipinski definition) is 4. The number of aryl methyl sites for hydroxylation is 2. The van der Waals surface area contributed by atoms with Crippen LogP contribution in [0, 0.1) is 5.92 Å². The van der Waals surface area contributed by atoms with E-state index in [1.165, 1.54) is 44.6 Å². The summed E-state index contributed by atoms with van der Waals surface area (Å²) < 4.78 is 0. The Labute approximate surface area is 210 Å². The minimum absolute atomic E-state index is 0.400. The maximum Gasteiger partial charge on any atom is 0.115 e. The van der Waals surface area contributed by atoms with E-state index in [-0.39, 0.29) is 0 Å². The topological polar surface area (TPSA) is 66.8 Å². The zero-order valence-corrected chi connectivity index (χ0v) is 21.2. The number of aromatic nitrogens is 4. The molecule has 1 aliphatic heterocycles. The highest BCUT2D eigenvalue weighted by Crippen LogP contribution is 2.42. The summed E-state index contributed by atoms with van der Waals surface area (Å²) in [6.07, 6.45) is 6.49. The van der Waals surface area contributed by atoms with Crippen LogP contribution in [0.1, 0.15) is 56.3 Å². The van der Waals surface area contributed by atoms with Gasteiger partial charge in [-0.1, -0.05) is 58.0 Å². The van der Waals surface area contributed by atoms with Crippen LogP contribution in [-0.4, -0.2) is 25.6 Å². The molecule has 0 saturated carbocycles. The molecule has 0 amide bonds. The first-order valence-corrected chi connectivity index (χ1v) is 13.0. The van der Waals surface area contributed by atoms with Crippen LogP contribution in [0.25, 0.3) is 44.2 Å². The summed E-state index contributed by atoms with van der Waals surface area (Å²) in [4.78, 5) is 23.0. The summed E-state index contributed by atoms with van der Waals surface area (Å²) in [6.45, 7) is 8.80. The van der Waals surface area contributed by atoms with Crippen molar-refractivity contribution in [2.24, 2.45) is 10.9 Å². The smallest absolute Gasteiger partial charge is 0.115 e. The van der Waals surface area contributed by atoms with Gasteiger partial charge in [0, 0.05) is 47.1 Å². The fraction of sp³-hybridized carbons (Fsp3) is 0.290. The van der Waals surface area contributed by atoms with E-state index < -0.39 is 0 Å². The van der Waals surface area contributed by atoms with Gasteiger partial charge in [0.1, 0.15) is 11.3 Å². The molecule has 2 aliphatic rings. The van der Waals surface area contributed by atoms with E-state index >= 15 is 0 Å². The quantitative estimate of drug-likeness (QED) is 0.280. The predicted molar refractivity (Wildman–Crippen MR) is 147 cm³/mol. The second kappa shape index (κ2) is 7.82. The van der Waals surface area contributed by atoms with Gasteiger partial charge in [0.25, 0.3) is 0 Å². The van der Waals surface area contributed by atoms with E-state index in [0.717, 1.165) is 52.9 Å². The molecule has 0 bridgehead atoms. The van der Waals surface area contributed by atoms with Crippen molar-refractivity contribution in [3.63, 3.8) is 0 Å². The largest absolute Gasteiger partial charge is 0.345 e. The molecule has 0 spiro atoms. The molecule has 3 aromatic carbocycles. The summed E-state index contributed by atoms with van der Waals surface area (Å²) in [6, 6.07) is 13.6. The number of nitrogens with one attached hydrogen (secondary N) is 1. The molecule has 0 radical (unpaired) electrons. The van der Waals surface area contributed by atoms with Crippen LogP contribution in [0.15, 0.2) is 53.8 Å². The number of fused-ring (bicyclic) bond motifs is 9. The van der Waals surface area contributed by atoms with Crippen molar-refractivity contribution >= 4 is 33.2 Å². The first kappa shape index (κ1) is 21.4. The normalized spacial score (nSPS) is 14.4. The van der Waals surface area contributed by atoms with Gasteiger partial charge >= 0.3 is 0 Å². The van der Waals surface area contributed by atoms with Crippen LogP contribution in [0.2, 0.25) is 0 Å². The maximum absolute atomic E-state index is 4.99. The van der Waals surface area contributed by atoms with E-state index in [2.05, 4.69) is 69.1 Å². The Morgan fingerprint density at radius 1 is 0.806 bits per heavy atom. The molecule has 1 N–H and O–H groups in total. The molecular formula is C31H29N5. The number of nitrogens with zero attached hydrogens (tertiary/aromatic N) is 4. The molecule has 5 heteroatoms. The molecule has 7 rings (SSSR count). The Balaban J connectivity index is 1.36. The molecule has 178 valence electrons. The highest BCUT2D eigenvalue weighted by atomic mass is 14.9. The standard InChI is InChI=1S/C31H29N5/c1-16(2)26-15-24-22-9-6-19(14-23(22)28-30(29(24)34-26)33-12-11-32-28)18-5-8-21-20(13-18)7-10-25-27(21)36-31(35-25)17(3)4/h5-6,8-9,11-14,16-17H,7,10,15H2,1-4H3,(H,35,36). The molecular weight excluding hydrogens is 442 g/mol. The zero-order valence-electron chi connectivity index (χ0n) is 21.2. The van der Waals surface area contributed by atoms with Gasteiger partial charge in [-0.05, 0) is 52.5 Å². The summed E-state index contributed by atoms with van der Waals surface area (Å²) >= 11 is 0. The number of imidazole rings is 1. The van der Waals surface area contributed by atoms with Crippen molar-refractivity contribution in [2.75, 3.05) is 0 Å². The fourth-order valence-electron chi connectivity index (χ4n) is 5.74. The first-order valence-electron chi connectivity index (χ1n) is 13.0. The Kier molecular flexibility index (Phi) is 4.65. The lowest BCUT2D eigenvalue weighted by Gasteiger charge is -2.17. The van der Waals surface area contributed by atoms with Crippen LogP contribution in [0.5, 0.6) is 0 Å². The van der Waals surface area contributed by atoms with Gasteiger partial charge in [-0.25, -0.2) is 4.98 Å². The molecule has 0 unspecified atom stereocenters. The summed E-state index contributed by atoms with van der Waals surface area (Å²) in [5.74, 6) is 1.90. The minimum Gasteiger partial charge on any atom is -0.345 e. The van der Waals surface area contributed by atoms with E-state index in [9.17, 15) is 0 Å². The number of hydrogen-bond donors (Lipinski definition) is 1. The number of aliphatic imine (C=N–C) groups is 1. The number of rotatable bonds is 3. The van der Waals surface area contributed by atoms with Crippen LogP contribution in [0.4, 0.5) is 5.69 Å². The van der Waals surface area contributed by atoms with Crippen molar-refractivity contribution in [3.8, 4) is 22.4 Å². The first-order chi connectivity index (χ1) is 17.5. The molecule has 5 nitrogen and oxygen atoms in total. The third-order valence-electron chi connectivity index (χ3n) is 7.77. The average molecular weight is 472 g/mol. The Hall–Kier alpha value is -3.86. The van der Waals surface area contributed by atoms with Gasteiger partial charge in [-0.2, -0.15) is 0 Å². The molecule has 1 aliphatic carbocycles. The Morgan fingerprint density at radius 2 is 1.58 bits per heavy atom. The third-order valence-corrected chi connectivity index (χ3v) is 7.77. The van der Waals surface area contributed by atoms with Crippen LogP contribution < -0.4 is 0 Å². The minimum atomic E-state index is 0.400. The van der Waals surface area contributed by atoms with E-state index in [4.69, 9.17) is 19.9 Å². The van der Waals surface area contributed by atoms with Crippen molar-refractivity contribution in [2.45, 2.75) is 52.9 Å². The van der Waals surface area contributed by atoms with Crippen molar-refractivity contribution in [1.29, 1.82) is 0 Å². The number of benzene rings is 3. The van der Waals surface area contributed by atoms with Crippen LogP contribution in [0.3, 0.4) is 0 Å². The van der Waals surface area contributed by atoms with Crippen LogP contribution in [-0.2, 0) is 19.3 Å². The van der Waals surface area contributed by atoms with Gasteiger partial charge in [-0.3, -0.25) is 15.0 Å². The number of aromatic amines is 1. The summed E-state index contributed by atoms with van der Waals surface area (Å²) in [5.41, 5.74) is 12.8. The van der Waals surface area contributed by atoms with Gasteiger partial charge in [0.05, 0.1) is 16.9 Å². The second-order valence-corrected chi connectivity index (χ2v) is 10.8. The van der Waals surface area contributed by atoms with Crippen molar-refractivity contribution in [1.82, 2.24) is 19.9 Å². The van der Waals surface area contributed by atoms with Gasteiger partial charge < -0.3 is 4.98 Å². The van der Waals surface area contributed by atoms with Crippen LogP contribution >= 0.6 is 0 Å². The van der Waals surface area contributed by atoms with Gasteiger partial charge in [0.15, 0.2) is 0 Å². The molecule has 3 heterocycles. The highest BCUT2D eigenvalue weighted by Gasteiger charge is 2.25. The average Bonchev–Trinajstić information content (AvgIpc) is 3.54. The number of H-pyrrole nitrogens is 1. The van der Waals surface area contributed by atoms with Crippen molar-refractivity contribution in [3.05, 3.63) is 71.4 Å². The maximum atomic E-state index is 4.99. The summed E-state index contributed by atoms with van der Waals surface area (Å²) in [7, 11) is 0. The SMILES string of the molecule is CC(C)C1=Nc2c(c3ccc(-c4ccc5c(c4)CCc4[nH]c(C(C)C)nc4-5)cc3c3nccnc23)C1. The Morgan fingerprint density at radius 3 is 2.39 bits per heavy atom. The zero-order chi connectivity index (χ0) is 24.6. The van der Waals surface area contributed by atoms with E-state index in [0.29, 0.717) is 11.8 Å². The molecule has 0 atom stereocenters. The lowest BCUT2D eigenvalue weighted by atomic mass is 9.88. The lowest BCUT2D eigenvalue weighted by molar-refractivity contribution is 0.787. The highest BCUT2D eigenvalue weighted by molar-refractivity contribution is 6.16. The van der Waals surface area contributed by atoms with Gasteiger partial charge in [-0.15, -0.1) is 0 Å². The van der Waals surface area contributed by atoms with E-state index in [1.807, 2.05) is 0 Å². The molecule has 36 heavy (non-hydrogen) atoms. The predicted octanol–water partition coefficient (Wildman–Crippen LogP) is 7.35.